The number of aliphatic hydroxyl groups excluding tert-OH is 1. The summed E-state index contributed by atoms with van der Waals surface area (Å²) in [5.41, 5.74) is -0.441. The maximum atomic E-state index is 11.9. The molecule has 1 unspecified atom stereocenters. The van der Waals surface area contributed by atoms with Gasteiger partial charge < -0.3 is 9.84 Å². The quantitative estimate of drug-likeness (QED) is 0.693. The Bertz CT molecular complexity index is 199. The average Bonchev–Trinajstić information content (AvgIpc) is 2.12. The van der Waals surface area contributed by atoms with Gasteiger partial charge in [0, 0.05) is 0 Å². The van der Waals surface area contributed by atoms with Gasteiger partial charge in [-0.2, -0.15) is 0 Å². The first-order valence-corrected chi connectivity index (χ1v) is 5.62. The molecule has 0 aromatic carbocycles. The smallest absolute Gasteiger partial charge is 0.312 e. The first-order chi connectivity index (χ1) is 6.84. The number of carbonyl (C=O) groups excluding carboxylic acids is 1. The molecule has 0 spiro atoms. The molecule has 0 fully saturated rings. The van der Waals surface area contributed by atoms with E-state index in [1.54, 1.807) is 0 Å². The molecule has 90 valence electrons. The third-order valence-electron chi connectivity index (χ3n) is 2.90. The van der Waals surface area contributed by atoms with Gasteiger partial charge in [0.25, 0.3) is 0 Å². The normalized spacial score (nSPS) is 15.5. The number of esters is 1. The second kappa shape index (κ2) is 6.11. The van der Waals surface area contributed by atoms with Gasteiger partial charge in [-0.05, 0) is 25.2 Å². The van der Waals surface area contributed by atoms with Crippen LogP contribution in [0.4, 0.5) is 0 Å². The molecule has 0 bridgehead atoms. The fourth-order valence-corrected chi connectivity index (χ4v) is 1.71. The molecule has 0 aliphatic carbocycles. The summed E-state index contributed by atoms with van der Waals surface area (Å²) in [7, 11) is 0. The van der Waals surface area contributed by atoms with Crippen molar-refractivity contribution in [1.82, 2.24) is 0 Å². The van der Waals surface area contributed by atoms with E-state index in [-0.39, 0.29) is 25.1 Å². The third kappa shape index (κ3) is 4.20. The summed E-state index contributed by atoms with van der Waals surface area (Å²) in [5, 5.41) is 8.62. The Hall–Kier alpha value is -0.570. The number of hydrogen-bond donors (Lipinski definition) is 1. The lowest BCUT2D eigenvalue weighted by Crippen LogP contribution is -2.36. The zero-order valence-corrected chi connectivity index (χ0v) is 10.5. The predicted molar refractivity (Wildman–Crippen MR) is 60.4 cm³/mol. The fraction of sp³-hybridized carbons (Fsp3) is 0.917. The summed E-state index contributed by atoms with van der Waals surface area (Å²) in [6.45, 7) is 10.2. The van der Waals surface area contributed by atoms with E-state index in [9.17, 15) is 4.79 Å². The second-order valence-corrected chi connectivity index (χ2v) is 5.03. The highest BCUT2D eigenvalue weighted by Gasteiger charge is 2.38. The lowest BCUT2D eigenvalue weighted by Gasteiger charge is -2.32. The second-order valence-electron chi connectivity index (χ2n) is 5.03. The van der Waals surface area contributed by atoms with Crippen molar-refractivity contribution in [1.29, 1.82) is 0 Å². The van der Waals surface area contributed by atoms with Crippen LogP contribution in [0, 0.1) is 17.3 Å². The molecule has 15 heavy (non-hydrogen) atoms. The number of ether oxygens (including phenoxy) is 1. The minimum atomic E-state index is -0.441. The predicted octanol–water partition coefficient (Wildman–Crippen LogP) is 2.23. The monoisotopic (exact) mass is 216 g/mol. The van der Waals surface area contributed by atoms with Gasteiger partial charge in [0.1, 0.15) is 6.61 Å². The largest absolute Gasteiger partial charge is 0.463 e. The van der Waals surface area contributed by atoms with E-state index >= 15 is 0 Å². The van der Waals surface area contributed by atoms with E-state index in [0.717, 1.165) is 6.42 Å². The van der Waals surface area contributed by atoms with Crippen molar-refractivity contribution in [3.05, 3.63) is 0 Å². The summed E-state index contributed by atoms with van der Waals surface area (Å²) < 4.78 is 5.03. The van der Waals surface area contributed by atoms with Gasteiger partial charge in [0.15, 0.2) is 0 Å². The third-order valence-corrected chi connectivity index (χ3v) is 2.90. The molecule has 1 N–H and O–H groups in total. The van der Waals surface area contributed by atoms with Crippen molar-refractivity contribution >= 4 is 5.97 Å². The maximum absolute atomic E-state index is 11.9. The maximum Gasteiger partial charge on any atom is 0.312 e. The molecule has 0 aromatic rings. The van der Waals surface area contributed by atoms with Crippen molar-refractivity contribution in [2.24, 2.45) is 17.3 Å². The highest BCUT2D eigenvalue weighted by molar-refractivity contribution is 5.76. The Morgan fingerprint density at radius 1 is 1.33 bits per heavy atom. The Labute approximate surface area is 92.8 Å². The van der Waals surface area contributed by atoms with Gasteiger partial charge in [0.05, 0.1) is 12.0 Å². The van der Waals surface area contributed by atoms with Gasteiger partial charge >= 0.3 is 5.97 Å². The van der Waals surface area contributed by atoms with Gasteiger partial charge in [-0.25, -0.2) is 0 Å². The molecule has 0 rings (SSSR count). The topological polar surface area (TPSA) is 46.5 Å². The minimum Gasteiger partial charge on any atom is -0.463 e. The van der Waals surface area contributed by atoms with Crippen LogP contribution in [0.1, 0.15) is 41.0 Å². The highest BCUT2D eigenvalue weighted by atomic mass is 16.5. The van der Waals surface area contributed by atoms with Crippen LogP contribution in [0.15, 0.2) is 0 Å². The zero-order valence-electron chi connectivity index (χ0n) is 10.5. The average molecular weight is 216 g/mol. The van der Waals surface area contributed by atoms with Crippen molar-refractivity contribution < 1.29 is 14.6 Å². The van der Waals surface area contributed by atoms with Crippen LogP contribution in [0.5, 0.6) is 0 Å². The summed E-state index contributed by atoms with van der Waals surface area (Å²) in [4.78, 5) is 11.9. The van der Waals surface area contributed by atoms with E-state index in [0.29, 0.717) is 5.92 Å². The number of carbonyl (C=O) groups is 1. The van der Waals surface area contributed by atoms with Gasteiger partial charge in [-0.1, -0.05) is 27.7 Å². The lowest BCUT2D eigenvalue weighted by atomic mass is 9.73. The van der Waals surface area contributed by atoms with E-state index in [1.165, 1.54) is 0 Å². The van der Waals surface area contributed by atoms with Gasteiger partial charge in [-0.15, -0.1) is 0 Å². The number of rotatable bonds is 6. The van der Waals surface area contributed by atoms with Crippen molar-refractivity contribution in [3.63, 3.8) is 0 Å². The van der Waals surface area contributed by atoms with Crippen molar-refractivity contribution in [2.45, 2.75) is 41.0 Å². The van der Waals surface area contributed by atoms with E-state index < -0.39 is 5.41 Å². The standard InChI is InChI=1S/C12H24O3/c1-9(2)8-12(5,10(3)4)11(14)15-7-6-13/h9-10,13H,6-8H2,1-5H3. The molecule has 0 aliphatic rings. The van der Waals surface area contributed by atoms with E-state index in [2.05, 4.69) is 13.8 Å². The summed E-state index contributed by atoms with van der Waals surface area (Å²) >= 11 is 0. The van der Waals surface area contributed by atoms with Crippen LogP contribution < -0.4 is 0 Å². The molecule has 3 heteroatoms. The van der Waals surface area contributed by atoms with Crippen LogP contribution in [0.2, 0.25) is 0 Å². The molecule has 0 saturated carbocycles. The summed E-state index contributed by atoms with van der Waals surface area (Å²) in [6, 6.07) is 0. The van der Waals surface area contributed by atoms with Crippen molar-refractivity contribution in [3.8, 4) is 0 Å². The zero-order chi connectivity index (χ0) is 12.1. The van der Waals surface area contributed by atoms with Crippen molar-refractivity contribution in [2.75, 3.05) is 13.2 Å². The Morgan fingerprint density at radius 3 is 2.20 bits per heavy atom. The van der Waals surface area contributed by atoms with Crippen LogP contribution in [-0.4, -0.2) is 24.3 Å². The van der Waals surface area contributed by atoms with E-state index in [4.69, 9.17) is 9.84 Å². The SMILES string of the molecule is CC(C)CC(C)(C(=O)OCCO)C(C)C. The number of hydrogen-bond acceptors (Lipinski definition) is 3. The lowest BCUT2D eigenvalue weighted by molar-refractivity contribution is -0.160. The molecule has 0 saturated heterocycles. The Kier molecular flexibility index (Phi) is 5.88. The minimum absolute atomic E-state index is 0.0965. The van der Waals surface area contributed by atoms with Crippen LogP contribution in [0.3, 0.4) is 0 Å². The molecule has 0 aliphatic heterocycles. The molecule has 0 aromatic heterocycles. The van der Waals surface area contributed by atoms with Crippen LogP contribution in [0.25, 0.3) is 0 Å². The Balaban J connectivity index is 4.55. The number of aliphatic hydroxyl groups is 1. The molecular weight excluding hydrogens is 192 g/mol. The summed E-state index contributed by atoms with van der Waals surface area (Å²) in [6.07, 6.45) is 0.814. The van der Waals surface area contributed by atoms with Crippen LogP contribution >= 0.6 is 0 Å². The van der Waals surface area contributed by atoms with Gasteiger partial charge in [0.2, 0.25) is 0 Å². The first kappa shape index (κ1) is 14.4. The van der Waals surface area contributed by atoms with Gasteiger partial charge in [-0.3, -0.25) is 4.79 Å². The highest BCUT2D eigenvalue weighted by Crippen LogP contribution is 2.35. The molecule has 3 nitrogen and oxygen atoms in total. The molecule has 0 radical (unpaired) electrons. The fourth-order valence-electron chi connectivity index (χ4n) is 1.71. The molecule has 0 heterocycles. The Morgan fingerprint density at radius 2 is 1.87 bits per heavy atom. The molecule has 0 amide bonds. The summed E-state index contributed by atoms with van der Waals surface area (Å²) in [5.74, 6) is 0.505. The molecule has 1 atom stereocenters. The molecular formula is C12H24O3. The van der Waals surface area contributed by atoms with E-state index in [1.807, 2.05) is 20.8 Å². The van der Waals surface area contributed by atoms with Crippen LogP contribution in [-0.2, 0) is 9.53 Å². The first-order valence-electron chi connectivity index (χ1n) is 5.62.